The fourth-order valence-corrected chi connectivity index (χ4v) is 1.98. The van der Waals surface area contributed by atoms with E-state index in [9.17, 15) is 0 Å². The number of nitrogens with zero attached hydrogens (tertiary/aromatic N) is 3. The van der Waals surface area contributed by atoms with E-state index in [1.54, 1.807) is 0 Å². The number of ether oxygens (including phenoxy) is 1. The molecular formula is C11H18N4O. The molecule has 5 heteroatoms. The van der Waals surface area contributed by atoms with Gasteiger partial charge in [-0.1, -0.05) is 0 Å². The van der Waals surface area contributed by atoms with Crippen LogP contribution in [0, 0.1) is 0 Å². The van der Waals surface area contributed by atoms with E-state index in [4.69, 9.17) is 10.5 Å². The van der Waals surface area contributed by atoms with Crippen LogP contribution in [0.4, 0.5) is 11.5 Å². The van der Waals surface area contributed by atoms with Crippen LogP contribution in [-0.2, 0) is 0 Å². The molecule has 1 aliphatic rings. The highest BCUT2D eigenvalue weighted by Crippen LogP contribution is 2.29. The Balaban J connectivity index is 2.22. The first-order valence-electron chi connectivity index (χ1n) is 5.81. The number of hydrogen-bond donors (Lipinski definition) is 1. The Hall–Kier alpha value is -1.52. The van der Waals surface area contributed by atoms with Crippen LogP contribution in [0.1, 0.15) is 26.2 Å². The highest BCUT2D eigenvalue weighted by Gasteiger charge is 2.17. The van der Waals surface area contributed by atoms with E-state index in [-0.39, 0.29) is 0 Å². The summed E-state index contributed by atoms with van der Waals surface area (Å²) >= 11 is 0. The summed E-state index contributed by atoms with van der Waals surface area (Å²) < 4.78 is 5.37. The normalized spacial score (nSPS) is 16.2. The molecule has 2 rings (SSSR count). The van der Waals surface area contributed by atoms with E-state index >= 15 is 0 Å². The third-order valence-electron chi connectivity index (χ3n) is 2.76. The first-order valence-corrected chi connectivity index (χ1v) is 5.81. The van der Waals surface area contributed by atoms with Crippen LogP contribution in [0.2, 0.25) is 0 Å². The van der Waals surface area contributed by atoms with E-state index in [1.165, 1.54) is 25.6 Å². The van der Waals surface area contributed by atoms with E-state index in [0.29, 0.717) is 18.2 Å². The highest BCUT2D eigenvalue weighted by molar-refractivity contribution is 5.67. The van der Waals surface area contributed by atoms with E-state index in [2.05, 4.69) is 14.9 Å². The van der Waals surface area contributed by atoms with Crippen molar-refractivity contribution in [3.05, 3.63) is 6.33 Å². The lowest BCUT2D eigenvalue weighted by atomic mass is 10.1. The third kappa shape index (κ3) is 2.18. The van der Waals surface area contributed by atoms with Crippen LogP contribution in [0.15, 0.2) is 6.33 Å². The molecule has 0 aromatic carbocycles. The Kier molecular flexibility index (Phi) is 3.44. The molecule has 88 valence electrons. The standard InChI is InChI=1S/C11H18N4O/c1-2-16-11-9(12)10(13-8-14-11)15-6-4-3-5-7-15/h8H,2-7,12H2,1H3. The molecule has 0 spiro atoms. The summed E-state index contributed by atoms with van der Waals surface area (Å²) in [6, 6.07) is 0. The maximum atomic E-state index is 6.01. The van der Waals surface area contributed by atoms with Crippen molar-refractivity contribution >= 4 is 11.5 Å². The smallest absolute Gasteiger partial charge is 0.242 e. The molecular weight excluding hydrogens is 204 g/mol. The fraction of sp³-hybridized carbons (Fsp3) is 0.636. The summed E-state index contributed by atoms with van der Waals surface area (Å²) in [7, 11) is 0. The van der Waals surface area contributed by atoms with Crippen molar-refractivity contribution in [2.45, 2.75) is 26.2 Å². The minimum absolute atomic E-state index is 0.498. The molecule has 1 aliphatic heterocycles. The van der Waals surface area contributed by atoms with Gasteiger partial charge in [-0.05, 0) is 26.2 Å². The van der Waals surface area contributed by atoms with Crippen LogP contribution in [0.3, 0.4) is 0 Å². The zero-order chi connectivity index (χ0) is 11.4. The second-order valence-electron chi connectivity index (χ2n) is 3.90. The van der Waals surface area contributed by atoms with Crippen molar-refractivity contribution in [2.75, 3.05) is 30.3 Å². The van der Waals surface area contributed by atoms with Crippen LogP contribution in [0.5, 0.6) is 5.88 Å². The van der Waals surface area contributed by atoms with Crippen LogP contribution in [0.25, 0.3) is 0 Å². The number of nitrogen functional groups attached to an aromatic ring is 1. The molecule has 0 radical (unpaired) electrons. The van der Waals surface area contributed by atoms with Crippen molar-refractivity contribution in [1.29, 1.82) is 0 Å². The van der Waals surface area contributed by atoms with E-state index in [1.807, 2.05) is 6.92 Å². The van der Waals surface area contributed by atoms with Gasteiger partial charge in [-0.3, -0.25) is 0 Å². The number of piperidine rings is 1. The minimum atomic E-state index is 0.498. The molecule has 0 amide bonds. The molecule has 1 aromatic rings. The van der Waals surface area contributed by atoms with Gasteiger partial charge in [-0.25, -0.2) is 4.98 Å². The summed E-state index contributed by atoms with van der Waals surface area (Å²) in [6.07, 6.45) is 5.21. The predicted molar refractivity (Wildman–Crippen MR) is 63.7 cm³/mol. The number of anilines is 2. The Bertz CT molecular complexity index is 350. The maximum absolute atomic E-state index is 6.01. The zero-order valence-corrected chi connectivity index (χ0v) is 9.65. The van der Waals surface area contributed by atoms with Gasteiger partial charge in [0.2, 0.25) is 5.88 Å². The van der Waals surface area contributed by atoms with Gasteiger partial charge in [0.1, 0.15) is 12.0 Å². The van der Waals surface area contributed by atoms with Crippen molar-refractivity contribution in [1.82, 2.24) is 9.97 Å². The van der Waals surface area contributed by atoms with Crippen molar-refractivity contribution in [2.24, 2.45) is 0 Å². The quantitative estimate of drug-likeness (QED) is 0.838. The average molecular weight is 222 g/mol. The Morgan fingerprint density at radius 1 is 1.31 bits per heavy atom. The van der Waals surface area contributed by atoms with Crippen molar-refractivity contribution in [3.63, 3.8) is 0 Å². The summed E-state index contributed by atoms with van der Waals surface area (Å²) in [5, 5.41) is 0. The molecule has 1 fully saturated rings. The van der Waals surface area contributed by atoms with Gasteiger partial charge in [0.25, 0.3) is 0 Å². The van der Waals surface area contributed by atoms with Crippen LogP contribution >= 0.6 is 0 Å². The third-order valence-corrected chi connectivity index (χ3v) is 2.76. The number of hydrogen-bond acceptors (Lipinski definition) is 5. The van der Waals surface area contributed by atoms with E-state index < -0.39 is 0 Å². The number of rotatable bonds is 3. The van der Waals surface area contributed by atoms with Gasteiger partial charge in [0, 0.05) is 13.1 Å². The molecule has 0 unspecified atom stereocenters. The molecule has 2 heterocycles. The van der Waals surface area contributed by atoms with Gasteiger partial charge in [0.15, 0.2) is 5.82 Å². The first kappa shape index (κ1) is 11.0. The molecule has 0 bridgehead atoms. The average Bonchev–Trinajstić information content (AvgIpc) is 2.33. The molecule has 0 aliphatic carbocycles. The Morgan fingerprint density at radius 3 is 2.75 bits per heavy atom. The molecule has 1 saturated heterocycles. The molecule has 0 saturated carbocycles. The lowest BCUT2D eigenvalue weighted by molar-refractivity contribution is 0.328. The summed E-state index contributed by atoms with van der Waals surface area (Å²) in [4.78, 5) is 10.5. The topological polar surface area (TPSA) is 64.3 Å². The molecule has 16 heavy (non-hydrogen) atoms. The van der Waals surface area contributed by atoms with Gasteiger partial charge in [-0.15, -0.1) is 0 Å². The fourth-order valence-electron chi connectivity index (χ4n) is 1.98. The lowest BCUT2D eigenvalue weighted by Gasteiger charge is -2.28. The zero-order valence-electron chi connectivity index (χ0n) is 9.65. The van der Waals surface area contributed by atoms with Gasteiger partial charge >= 0.3 is 0 Å². The van der Waals surface area contributed by atoms with E-state index in [0.717, 1.165) is 18.9 Å². The van der Waals surface area contributed by atoms with Crippen molar-refractivity contribution in [3.8, 4) is 5.88 Å². The predicted octanol–water partition coefficient (Wildman–Crippen LogP) is 1.45. The van der Waals surface area contributed by atoms with Gasteiger partial charge in [0.05, 0.1) is 6.61 Å². The SMILES string of the molecule is CCOc1ncnc(N2CCCCC2)c1N. The van der Waals surface area contributed by atoms with Crippen LogP contribution < -0.4 is 15.4 Å². The molecule has 2 N–H and O–H groups in total. The maximum Gasteiger partial charge on any atom is 0.242 e. The summed E-state index contributed by atoms with van der Waals surface area (Å²) in [5.74, 6) is 1.32. The lowest BCUT2D eigenvalue weighted by Crippen LogP contribution is -2.31. The molecule has 0 atom stereocenters. The molecule has 1 aromatic heterocycles. The second-order valence-corrected chi connectivity index (χ2v) is 3.90. The largest absolute Gasteiger partial charge is 0.476 e. The van der Waals surface area contributed by atoms with Gasteiger partial charge < -0.3 is 15.4 Å². The van der Waals surface area contributed by atoms with Crippen LogP contribution in [-0.4, -0.2) is 29.7 Å². The number of nitrogens with two attached hydrogens (primary N) is 1. The van der Waals surface area contributed by atoms with Crippen molar-refractivity contribution < 1.29 is 4.74 Å². The minimum Gasteiger partial charge on any atom is -0.476 e. The monoisotopic (exact) mass is 222 g/mol. The Labute approximate surface area is 95.6 Å². The highest BCUT2D eigenvalue weighted by atomic mass is 16.5. The number of aromatic nitrogens is 2. The summed E-state index contributed by atoms with van der Waals surface area (Å²) in [6.45, 7) is 4.53. The summed E-state index contributed by atoms with van der Waals surface area (Å²) in [5.41, 5.74) is 6.57. The van der Waals surface area contributed by atoms with Gasteiger partial charge in [-0.2, -0.15) is 4.98 Å². The first-order chi connectivity index (χ1) is 7.83. The Morgan fingerprint density at radius 2 is 2.06 bits per heavy atom. The second kappa shape index (κ2) is 5.01. The molecule has 5 nitrogen and oxygen atoms in total.